The summed E-state index contributed by atoms with van der Waals surface area (Å²) in [5.74, 6) is -0.821. The molecule has 1 fully saturated rings. The lowest BCUT2D eigenvalue weighted by atomic mass is 10.0. The molecule has 1 aliphatic rings. The average molecular weight is 262 g/mol. The molecule has 0 aliphatic carbocycles. The van der Waals surface area contributed by atoms with Gasteiger partial charge in [-0.3, -0.25) is 9.59 Å². The number of amides is 1. The number of hydrogen-bond acceptors (Lipinski definition) is 3. The van der Waals surface area contributed by atoms with Gasteiger partial charge in [-0.2, -0.15) is 0 Å². The van der Waals surface area contributed by atoms with Crippen LogP contribution in [0.3, 0.4) is 0 Å². The second-order valence-corrected chi connectivity index (χ2v) is 4.83. The summed E-state index contributed by atoms with van der Waals surface area (Å²) in [7, 11) is 0. The maximum absolute atomic E-state index is 10.9. The van der Waals surface area contributed by atoms with Crippen LogP contribution in [0.4, 0.5) is 5.69 Å². The maximum Gasteiger partial charge on any atom is 0.307 e. The molecule has 1 saturated heterocycles. The lowest BCUT2D eigenvalue weighted by molar-refractivity contribution is -0.136. The Balaban J connectivity index is 2.19. The Labute approximate surface area is 112 Å². The monoisotopic (exact) mass is 262 g/mol. The molecule has 1 aromatic rings. The second-order valence-electron chi connectivity index (χ2n) is 4.83. The molecule has 1 aromatic carbocycles. The fourth-order valence-electron chi connectivity index (χ4n) is 2.40. The van der Waals surface area contributed by atoms with Crippen LogP contribution in [0.15, 0.2) is 18.2 Å². The minimum atomic E-state index is -0.821. The fraction of sp³-hybridized carbons (Fsp3) is 0.429. The highest BCUT2D eigenvalue weighted by atomic mass is 16.4. The zero-order valence-corrected chi connectivity index (χ0v) is 11.0. The molecule has 0 saturated carbocycles. The van der Waals surface area contributed by atoms with E-state index in [1.807, 2.05) is 25.1 Å². The van der Waals surface area contributed by atoms with Crippen LogP contribution in [0.2, 0.25) is 0 Å². The number of piperazine rings is 1. The van der Waals surface area contributed by atoms with E-state index in [0.29, 0.717) is 13.1 Å². The van der Waals surface area contributed by atoms with Crippen molar-refractivity contribution in [3.8, 4) is 0 Å². The number of carboxylic acid groups (broad SMARTS) is 1. The summed E-state index contributed by atoms with van der Waals surface area (Å²) in [6, 6.07) is 5.90. The van der Waals surface area contributed by atoms with Crippen molar-refractivity contribution < 1.29 is 14.7 Å². The van der Waals surface area contributed by atoms with Crippen LogP contribution in [0.5, 0.6) is 0 Å². The molecule has 2 rings (SSSR count). The standard InChI is InChI=1S/C14H18N2O3/c1-11-2-3-13(12(8-11)9-14(18)19)16-6-4-15(10-17)5-7-16/h2-3,8,10H,4-7,9H2,1H3,(H,18,19). The van der Waals surface area contributed by atoms with Gasteiger partial charge in [-0.1, -0.05) is 17.7 Å². The van der Waals surface area contributed by atoms with Crippen molar-refractivity contribution in [2.45, 2.75) is 13.3 Å². The molecule has 0 atom stereocenters. The molecular formula is C14H18N2O3. The number of benzene rings is 1. The first-order valence-corrected chi connectivity index (χ1v) is 6.36. The molecule has 0 bridgehead atoms. The van der Waals surface area contributed by atoms with Crippen LogP contribution in [-0.4, -0.2) is 48.6 Å². The number of anilines is 1. The van der Waals surface area contributed by atoms with E-state index in [1.165, 1.54) is 0 Å². The molecule has 1 N–H and O–H groups in total. The first-order chi connectivity index (χ1) is 9.10. The van der Waals surface area contributed by atoms with Gasteiger partial charge in [-0.25, -0.2) is 0 Å². The van der Waals surface area contributed by atoms with Gasteiger partial charge in [-0.05, 0) is 18.6 Å². The molecular weight excluding hydrogens is 244 g/mol. The molecule has 0 radical (unpaired) electrons. The molecule has 0 spiro atoms. The number of carboxylic acids is 1. The Bertz CT molecular complexity index is 480. The summed E-state index contributed by atoms with van der Waals surface area (Å²) in [5.41, 5.74) is 2.87. The number of aryl methyl sites for hydroxylation is 1. The van der Waals surface area contributed by atoms with E-state index in [-0.39, 0.29) is 6.42 Å². The molecule has 0 unspecified atom stereocenters. The number of carbonyl (C=O) groups is 2. The molecule has 1 aliphatic heterocycles. The van der Waals surface area contributed by atoms with Gasteiger partial charge in [0.15, 0.2) is 0 Å². The van der Waals surface area contributed by atoms with Gasteiger partial charge < -0.3 is 14.9 Å². The van der Waals surface area contributed by atoms with Crippen molar-refractivity contribution >= 4 is 18.1 Å². The van der Waals surface area contributed by atoms with Gasteiger partial charge >= 0.3 is 5.97 Å². The molecule has 5 heteroatoms. The van der Waals surface area contributed by atoms with E-state index in [0.717, 1.165) is 36.3 Å². The van der Waals surface area contributed by atoms with E-state index in [1.54, 1.807) is 4.90 Å². The van der Waals surface area contributed by atoms with Crippen LogP contribution in [0.1, 0.15) is 11.1 Å². The number of rotatable bonds is 4. The summed E-state index contributed by atoms with van der Waals surface area (Å²) in [4.78, 5) is 25.5. The summed E-state index contributed by atoms with van der Waals surface area (Å²) in [6.45, 7) is 4.82. The summed E-state index contributed by atoms with van der Waals surface area (Å²) >= 11 is 0. The molecule has 1 heterocycles. The number of nitrogens with zero attached hydrogens (tertiary/aromatic N) is 2. The van der Waals surface area contributed by atoms with Crippen molar-refractivity contribution in [2.75, 3.05) is 31.1 Å². The maximum atomic E-state index is 10.9. The average Bonchev–Trinajstić information content (AvgIpc) is 2.38. The minimum Gasteiger partial charge on any atom is -0.481 e. The van der Waals surface area contributed by atoms with E-state index >= 15 is 0 Å². The van der Waals surface area contributed by atoms with Gasteiger partial charge in [0.2, 0.25) is 6.41 Å². The Morgan fingerprint density at radius 1 is 1.32 bits per heavy atom. The fourth-order valence-corrected chi connectivity index (χ4v) is 2.40. The molecule has 1 amide bonds. The smallest absolute Gasteiger partial charge is 0.307 e. The van der Waals surface area contributed by atoms with Crippen molar-refractivity contribution in [3.63, 3.8) is 0 Å². The Morgan fingerprint density at radius 2 is 2.00 bits per heavy atom. The summed E-state index contributed by atoms with van der Waals surface area (Å²) in [5, 5.41) is 8.99. The Hall–Kier alpha value is -2.04. The normalized spacial score (nSPS) is 15.4. The quantitative estimate of drug-likeness (QED) is 0.819. The molecule has 5 nitrogen and oxygen atoms in total. The van der Waals surface area contributed by atoms with Crippen molar-refractivity contribution in [2.24, 2.45) is 0 Å². The van der Waals surface area contributed by atoms with Gasteiger partial charge in [0.1, 0.15) is 0 Å². The predicted molar refractivity (Wildman–Crippen MR) is 72.4 cm³/mol. The Kier molecular flexibility index (Phi) is 4.04. The highest BCUT2D eigenvalue weighted by Gasteiger charge is 2.19. The van der Waals surface area contributed by atoms with Gasteiger partial charge in [0, 0.05) is 31.9 Å². The third-order valence-corrected chi connectivity index (χ3v) is 3.38. The summed E-state index contributed by atoms with van der Waals surface area (Å²) in [6.07, 6.45) is 0.898. The van der Waals surface area contributed by atoms with Gasteiger partial charge in [0.05, 0.1) is 6.42 Å². The highest BCUT2D eigenvalue weighted by Crippen LogP contribution is 2.23. The zero-order chi connectivity index (χ0) is 13.8. The highest BCUT2D eigenvalue weighted by molar-refractivity contribution is 5.74. The van der Waals surface area contributed by atoms with Crippen molar-refractivity contribution in [1.29, 1.82) is 0 Å². The first-order valence-electron chi connectivity index (χ1n) is 6.36. The van der Waals surface area contributed by atoms with E-state index in [4.69, 9.17) is 5.11 Å². The van der Waals surface area contributed by atoms with E-state index < -0.39 is 5.97 Å². The molecule has 102 valence electrons. The second kappa shape index (κ2) is 5.73. The van der Waals surface area contributed by atoms with Crippen LogP contribution in [0.25, 0.3) is 0 Å². The number of hydrogen-bond donors (Lipinski definition) is 1. The summed E-state index contributed by atoms with van der Waals surface area (Å²) < 4.78 is 0. The van der Waals surface area contributed by atoms with Crippen molar-refractivity contribution in [3.05, 3.63) is 29.3 Å². The van der Waals surface area contributed by atoms with Gasteiger partial charge in [0.25, 0.3) is 0 Å². The van der Waals surface area contributed by atoms with Crippen LogP contribution < -0.4 is 4.90 Å². The first kappa shape index (κ1) is 13.4. The molecule has 19 heavy (non-hydrogen) atoms. The Morgan fingerprint density at radius 3 is 2.58 bits per heavy atom. The molecule has 0 aromatic heterocycles. The predicted octanol–water partition coefficient (Wildman–Crippen LogP) is 0.901. The lowest BCUT2D eigenvalue weighted by Crippen LogP contribution is -2.46. The van der Waals surface area contributed by atoms with Crippen molar-refractivity contribution in [1.82, 2.24) is 4.90 Å². The minimum absolute atomic E-state index is 0.0326. The van der Waals surface area contributed by atoms with Gasteiger partial charge in [-0.15, -0.1) is 0 Å². The SMILES string of the molecule is Cc1ccc(N2CCN(C=O)CC2)c(CC(=O)O)c1. The van der Waals surface area contributed by atoms with Crippen LogP contribution >= 0.6 is 0 Å². The zero-order valence-electron chi connectivity index (χ0n) is 11.0. The van der Waals surface area contributed by atoms with E-state index in [2.05, 4.69) is 4.90 Å². The number of carbonyl (C=O) groups excluding carboxylic acids is 1. The lowest BCUT2D eigenvalue weighted by Gasteiger charge is -2.35. The topological polar surface area (TPSA) is 60.9 Å². The third kappa shape index (κ3) is 3.24. The van der Waals surface area contributed by atoms with Crippen LogP contribution in [-0.2, 0) is 16.0 Å². The third-order valence-electron chi connectivity index (χ3n) is 3.38. The largest absolute Gasteiger partial charge is 0.481 e. The van der Waals surface area contributed by atoms with E-state index in [9.17, 15) is 9.59 Å². The van der Waals surface area contributed by atoms with Crippen LogP contribution in [0, 0.1) is 6.92 Å². The number of aliphatic carboxylic acids is 1.